The SMILES string of the molecule is CC[C@H](CNC(=O)C(c1ccccc1)c1ccccc1)N(C(=O)N1c2ccccc2C=Cc2ccccc21)[C@H]1C[C@H]1C(=O)O. The van der Waals surface area contributed by atoms with Crippen molar-refractivity contribution in [1.29, 1.82) is 0 Å². The van der Waals surface area contributed by atoms with Crippen LogP contribution in [0.25, 0.3) is 12.2 Å². The molecule has 0 spiro atoms. The molecule has 1 aliphatic heterocycles. The highest BCUT2D eigenvalue weighted by molar-refractivity contribution is 6.06. The number of urea groups is 1. The van der Waals surface area contributed by atoms with Crippen molar-refractivity contribution in [2.75, 3.05) is 11.4 Å². The van der Waals surface area contributed by atoms with Gasteiger partial charge in [-0.3, -0.25) is 14.5 Å². The summed E-state index contributed by atoms with van der Waals surface area (Å²) in [5, 5.41) is 13.0. The molecular weight excluding hydrogens is 550 g/mol. The number of carbonyl (C=O) groups excluding carboxylic acids is 2. The number of aliphatic carboxylic acids is 1. The quantitative estimate of drug-likeness (QED) is 0.223. The largest absolute Gasteiger partial charge is 0.481 e. The number of amides is 3. The van der Waals surface area contributed by atoms with Crippen LogP contribution in [0.15, 0.2) is 109 Å². The van der Waals surface area contributed by atoms with E-state index in [-0.39, 0.29) is 18.5 Å². The lowest BCUT2D eigenvalue weighted by molar-refractivity contribution is -0.139. The van der Waals surface area contributed by atoms with Gasteiger partial charge in [0.25, 0.3) is 0 Å². The van der Waals surface area contributed by atoms with Crippen LogP contribution in [0, 0.1) is 5.92 Å². The van der Waals surface area contributed by atoms with E-state index in [2.05, 4.69) is 5.32 Å². The first kappa shape index (κ1) is 28.9. The molecule has 222 valence electrons. The number of benzene rings is 4. The molecule has 1 saturated carbocycles. The van der Waals surface area contributed by atoms with Gasteiger partial charge in [-0.05, 0) is 47.2 Å². The van der Waals surface area contributed by atoms with E-state index in [1.54, 1.807) is 9.80 Å². The van der Waals surface area contributed by atoms with Crippen molar-refractivity contribution in [3.8, 4) is 0 Å². The van der Waals surface area contributed by atoms with Gasteiger partial charge in [-0.1, -0.05) is 116 Å². The minimum absolute atomic E-state index is 0.173. The Kier molecular flexibility index (Phi) is 8.28. The lowest BCUT2D eigenvalue weighted by Gasteiger charge is -2.37. The zero-order chi connectivity index (χ0) is 30.6. The first-order valence-corrected chi connectivity index (χ1v) is 15.1. The number of carboxylic acid groups (broad SMARTS) is 1. The fourth-order valence-corrected chi connectivity index (χ4v) is 6.16. The third-order valence-corrected chi connectivity index (χ3v) is 8.55. The molecule has 0 bridgehead atoms. The molecule has 2 N–H and O–H groups in total. The summed E-state index contributed by atoms with van der Waals surface area (Å²) in [7, 11) is 0. The Labute approximate surface area is 257 Å². The first-order valence-electron chi connectivity index (χ1n) is 15.1. The second kappa shape index (κ2) is 12.6. The average molecular weight is 586 g/mol. The van der Waals surface area contributed by atoms with Crippen LogP contribution in [0.2, 0.25) is 0 Å². The van der Waals surface area contributed by atoms with Gasteiger partial charge in [0.2, 0.25) is 5.91 Å². The number of hydrogen-bond acceptors (Lipinski definition) is 3. The highest BCUT2D eigenvalue weighted by atomic mass is 16.4. The van der Waals surface area contributed by atoms with Gasteiger partial charge in [0.15, 0.2) is 0 Å². The van der Waals surface area contributed by atoms with Gasteiger partial charge in [-0.15, -0.1) is 0 Å². The van der Waals surface area contributed by atoms with Gasteiger partial charge in [0.1, 0.15) is 0 Å². The Morgan fingerprint density at radius 2 is 1.30 bits per heavy atom. The maximum atomic E-state index is 14.8. The topological polar surface area (TPSA) is 90.0 Å². The van der Waals surface area contributed by atoms with Crippen LogP contribution in [-0.4, -0.2) is 46.5 Å². The molecule has 4 aromatic carbocycles. The number of nitrogens with zero attached hydrogens (tertiary/aromatic N) is 2. The second-order valence-corrected chi connectivity index (χ2v) is 11.3. The van der Waals surface area contributed by atoms with E-state index in [1.807, 2.05) is 128 Å². The van der Waals surface area contributed by atoms with Crippen molar-refractivity contribution < 1.29 is 19.5 Å². The highest BCUT2D eigenvalue weighted by Crippen LogP contribution is 2.42. The maximum Gasteiger partial charge on any atom is 0.329 e. The Balaban J connectivity index is 1.33. The van der Waals surface area contributed by atoms with Gasteiger partial charge < -0.3 is 15.3 Å². The number of fused-ring (bicyclic) bond motifs is 2. The Morgan fingerprint density at radius 3 is 1.77 bits per heavy atom. The molecule has 7 heteroatoms. The lowest BCUT2D eigenvalue weighted by Crippen LogP contribution is -2.53. The molecule has 1 heterocycles. The molecule has 3 amide bonds. The Morgan fingerprint density at radius 1 is 0.795 bits per heavy atom. The number of rotatable bonds is 9. The van der Waals surface area contributed by atoms with E-state index in [1.165, 1.54) is 0 Å². The highest BCUT2D eigenvalue weighted by Gasteiger charge is 2.52. The summed E-state index contributed by atoms with van der Waals surface area (Å²) in [6, 6.07) is 33.5. The molecule has 7 nitrogen and oxygen atoms in total. The molecule has 1 aliphatic carbocycles. The predicted octanol–water partition coefficient (Wildman–Crippen LogP) is 6.93. The molecule has 0 radical (unpaired) electrons. The normalized spacial score (nSPS) is 17.2. The predicted molar refractivity (Wildman–Crippen MR) is 173 cm³/mol. The van der Waals surface area contributed by atoms with Gasteiger partial charge in [-0.2, -0.15) is 0 Å². The molecule has 6 rings (SSSR count). The third-order valence-electron chi connectivity index (χ3n) is 8.55. The van der Waals surface area contributed by atoms with Crippen molar-refractivity contribution in [1.82, 2.24) is 10.2 Å². The molecular formula is C37H35N3O4. The number of nitrogens with one attached hydrogen (secondary N) is 1. The van der Waals surface area contributed by atoms with Gasteiger partial charge in [0, 0.05) is 12.6 Å². The number of hydrogen-bond donors (Lipinski definition) is 2. The van der Waals surface area contributed by atoms with Crippen LogP contribution in [0.3, 0.4) is 0 Å². The van der Waals surface area contributed by atoms with E-state index in [0.29, 0.717) is 12.8 Å². The summed E-state index contributed by atoms with van der Waals surface area (Å²) in [6.45, 7) is 2.16. The standard InChI is InChI=1S/C37H35N3O4/c1-2-29(24-38-35(41)34(27-15-5-3-6-16-27)28-17-7-4-8-18-28)39(33-23-30(33)36(42)43)37(44)40-31-19-11-9-13-25(31)21-22-26-14-10-12-20-32(26)40/h3-22,29-30,33-34H,2,23-24H2,1H3,(H,38,41)(H,42,43)/t29-,30-,33+/m1/s1. The van der Waals surface area contributed by atoms with E-state index in [4.69, 9.17) is 0 Å². The minimum atomic E-state index is -0.918. The fourth-order valence-electron chi connectivity index (χ4n) is 6.16. The number of carbonyl (C=O) groups is 3. The zero-order valence-corrected chi connectivity index (χ0v) is 24.5. The lowest BCUT2D eigenvalue weighted by atomic mass is 9.90. The van der Waals surface area contributed by atoms with Crippen LogP contribution in [0.4, 0.5) is 16.2 Å². The number of para-hydroxylation sites is 2. The smallest absolute Gasteiger partial charge is 0.329 e. The second-order valence-electron chi connectivity index (χ2n) is 11.3. The van der Waals surface area contributed by atoms with Gasteiger partial charge in [0.05, 0.1) is 29.3 Å². The van der Waals surface area contributed by atoms with Crippen LogP contribution in [0.1, 0.15) is 47.9 Å². The van der Waals surface area contributed by atoms with E-state index in [9.17, 15) is 19.5 Å². The molecule has 2 aliphatic rings. The first-order chi connectivity index (χ1) is 21.5. The molecule has 44 heavy (non-hydrogen) atoms. The Hall–Kier alpha value is -5.17. The zero-order valence-electron chi connectivity index (χ0n) is 24.5. The van der Waals surface area contributed by atoms with Gasteiger partial charge >= 0.3 is 12.0 Å². The van der Waals surface area contributed by atoms with Crippen molar-refractivity contribution in [3.63, 3.8) is 0 Å². The van der Waals surface area contributed by atoms with Crippen molar-refractivity contribution >= 4 is 41.4 Å². The van der Waals surface area contributed by atoms with Crippen LogP contribution in [-0.2, 0) is 9.59 Å². The summed E-state index contributed by atoms with van der Waals surface area (Å²) >= 11 is 0. The van der Waals surface area contributed by atoms with Crippen LogP contribution < -0.4 is 10.2 Å². The van der Waals surface area contributed by atoms with Gasteiger partial charge in [-0.25, -0.2) is 4.79 Å². The molecule has 0 aromatic heterocycles. The third kappa shape index (κ3) is 5.73. The summed E-state index contributed by atoms with van der Waals surface area (Å²) < 4.78 is 0. The monoisotopic (exact) mass is 585 g/mol. The maximum absolute atomic E-state index is 14.8. The average Bonchev–Trinajstić information content (AvgIpc) is 3.87. The molecule has 1 fully saturated rings. The van der Waals surface area contributed by atoms with E-state index >= 15 is 0 Å². The van der Waals surface area contributed by atoms with Crippen molar-refractivity contribution in [3.05, 3.63) is 131 Å². The molecule has 0 saturated heterocycles. The number of carboxylic acids is 1. The number of anilines is 2. The summed E-state index contributed by atoms with van der Waals surface area (Å²) in [4.78, 5) is 44.1. The molecule has 0 unspecified atom stereocenters. The molecule has 4 aromatic rings. The Bertz CT molecular complexity index is 1600. The van der Waals surface area contributed by atoms with Crippen LogP contribution in [0.5, 0.6) is 0 Å². The van der Waals surface area contributed by atoms with Crippen molar-refractivity contribution in [2.24, 2.45) is 5.92 Å². The van der Waals surface area contributed by atoms with Crippen LogP contribution >= 0.6 is 0 Å². The van der Waals surface area contributed by atoms with E-state index < -0.39 is 29.9 Å². The van der Waals surface area contributed by atoms with E-state index in [0.717, 1.165) is 33.6 Å². The minimum Gasteiger partial charge on any atom is -0.481 e. The molecule has 3 atom stereocenters. The summed E-state index contributed by atoms with van der Waals surface area (Å²) in [6.07, 6.45) is 4.89. The fraction of sp³-hybridized carbons (Fsp3) is 0.216. The summed E-state index contributed by atoms with van der Waals surface area (Å²) in [5.74, 6) is -2.27. The van der Waals surface area contributed by atoms with Crippen molar-refractivity contribution in [2.45, 2.75) is 37.8 Å². The summed E-state index contributed by atoms with van der Waals surface area (Å²) in [5.41, 5.74) is 4.97.